The molecule has 0 fully saturated rings. The third-order valence-corrected chi connectivity index (χ3v) is 3.74. The van der Waals surface area contributed by atoms with Gasteiger partial charge in [0.25, 0.3) is 0 Å². The Morgan fingerprint density at radius 2 is 0.962 bits per heavy atom. The molecule has 6 nitrogen and oxygen atoms in total. The molecule has 0 aliphatic carbocycles. The first-order chi connectivity index (χ1) is 12.7. The maximum atomic E-state index is 11.7. The molecule has 138 valence electrons. The maximum absolute atomic E-state index is 11.7. The zero-order valence-electron chi connectivity index (χ0n) is 14.8. The molecular formula is C20H26N4O2. The molecule has 0 bridgehead atoms. The van der Waals surface area contributed by atoms with Crippen LogP contribution in [-0.2, 0) is 0 Å². The summed E-state index contributed by atoms with van der Waals surface area (Å²) in [7, 11) is 0. The second-order valence-corrected chi connectivity index (χ2v) is 5.91. The van der Waals surface area contributed by atoms with Crippen molar-refractivity contribution >= 4 is 23.4 Å². The molecule has 0 atom stereocenters. The summed E-state index contributed by atoms with van der Waals surface area (Å²) in [5.41, 5.74) is 1.56. The van der Waals surface area contributed by atoms with Crippen molar-refractivity contribution in [3.05, 3.63) is 60.7 Å². The highest BCUT2D eigenvalue weighted by Gasteiger charge is 2.01. The average molecular weight is 354 g/mol. The van der Waals surface area contributed by atoms with Crippen molar-refractivity contribution in [2.24, 2.45) is 0 Å². The van der Waals surface area contributed by atoms with Crippen LogP contribution in [0.2, 0.25) is 0 Å². The average Bonchev–Trinajstić information content (AvgIpc) is 2.65. The Labute approximate surface area is 154 Å². The van der Waals surface area contributed by atoms with Gasteiger partial charge in [-0.25, -0.2) is 9.59 Å². The Morgan fingerprint density at radius 1 is 0.577 bits per heavy atom. The van der Waals surface area contributed by atoms with Gasteiger partial charge in [-0.15, -0.1) is 0 Å². The van der Waals surface area contributed by atoms with Crippen LogP contribution in [0.25, 0.3) is 0 Å². The van der Waals surface area contributed by atoms with E-state index in [1.165, 1.54) is 0 Å². The first-order valence-electron chi connectivity index (χ1n) is 8.94. The summed E-state index contributed by atoms with van der Waals surface area (Å²) in [4.78, 5) is 23.4. The molecule has 26 heavy (non-hydrogen) atoms. The fourth-order valence-corrected chi connectivity index (χ4v) is 2.40. The molecule has 2 rings (SSSR count). The van der Waals surface area contributed by atoms with Crippen LogP contribution in [0.4, 0.5) is 21.0 Å². The van der Waals surface area contributed by atoms with Gasteiger partial charge < -0.3 is 21.3 Å². The van der Waals surface area contributed by atoms with Crippen molar-refractivity contribution in [2.45, 2.75) is 25.7 Å². The summed E-state index contributed by atoms with van der Waals surface area (Å²) in [6.07, 6.45) is 3.85. The first kappa shape index (κ1) is 19.3. The number of benzene rings is 2. The molecule has 4 N–H and O–H groups in total. The third-order valence-electron chi connectivity index (χ3n) is 3.74. The summed E-state index contributed by atoms with van der Waals surface area (Å²) in [6.45, 7) is 1.28. The second kappa shape index (κ2) is 11.5. The van der Waals surface area contributed by atoms with Crippen LogP contribution in [0.5, 0.6) is 0 Å². The third kappa shape index (κ3) is 8.19. The maximum Gasteiger partial charge on any atom is 0.319 e. The number of amides is 4. The van der Waals surface area contributed by atoms with Crippen LogP contribution in [0.15, 0.2) is 60.7 Å². The predicted octanol–water partition coefficient (Wildman–Crippen LogP) is 4.19. The van der Waals surface area contributed by atoms with E-state index in [-0.39, 0.29) is 12.1 Å². The van der Waals surface area contributed by atoms with E-state index >= 15 is 0 Å². The molecule has 0 aliphatic rings. The molecule has 0 radical (unpaired) electrons. The summed E-state index contributed by atoms with van der Waals surface area (Å²) in [5.74, 6) is 0. The fourth-order valence-electron chi connectivity index (χ4n) is 2.40. The number of nitrogens with one attached hydrogen (secondary N) is 4. The SMILES string of the molecule is O=C(NCCCCCCNC(=O)Nc1ccccc1)Nc1ccccc1. The number of urea groups is 2. The Balaban J connectivity index is 1.43. The molecule has 4 amide bonds. The van der Waals surface area contributed by atoms with Gasteiger partial charge in [-0.1, -0.05) is 49.2 Å². The summed E-state index contributed by atoms with van der Waals surface area (Å²) >= 11 is 0. The molecule has 2 aromatic rings. The van der Waals surface area contributed by atoms with Crippen LogP contribution in [-0.4, -0.2) is 25.2 Å². The lowest BCUT2D eigenvalue weighted by molar-refractivity contribution is 0.250. The monoisotopic (exact) mass is 354 g/mol. The Bertz CT molecular complexity index is 603. The lowest BCUT2D eigenvalue weighted by Gasteiger charge is -2.08. The number of hydrogen-bond donors (Lipinski definition) is 4. The number of carbonyl (C=O) groups excluding carboxylic acids is 2. The minimum Gasteiger partial charge on any atom is -0.338 e. The number of anilines is 2. The minimum absolute atomic E-state index is 0.185. The van der Waals surface area contributed by atoms with E-state index < -0.39 is 0 Å². The van der Waals surface area contributed by atoms with E-state index in [1.807, 2.05) is 60.7 Å². The van der Waals surface area contributed by atoms with Crippen molar-refractivity contribution in [3.8, 4) is 0 Å². The summed E-state index contributed by atoms with van der Waals surface area (Å²) in [5, 5.41) is 11.2. The quantitative estimate of drug-likeness (QED) is 0.509. The van der Waals surface area contributed by atoms with Crippen LogP contribution in [0.1, 0.15) is 25.7 Å². The predicted molar refractivity (Wildman–Crippen MR) is 105 cm³/mol. The lowest BCUT2D eigenvalue weighted by Crippen LogP contribution is -2.30. The van der Waals surface area contributed by atoms with Gasteiger partial charge in [-0.05, 0) is 37.1 Å². The molecule has 0 aromatic heterocycles. The summed E-state index contributed by atoms with van der Waals surface area (Å²) < 4.78 is 0. The first-order valence-corrected chi connectivity index (χ1v) is 8.94. The smallest absolute Gasteiger partial charge is 0.319 e. The zero-order valence-corrected chi connectivity index (χ0v) is 14.8. The van der Waals surface area contributed by atoms with E-state index in [0.717, 1.165) is 37.1 Å². The van der Waals surface area contributed by atoms with Crippen LogP contribution >= 0.6 is 0 Å². The zero-order chi connectivity index (χ0) is 18.5. The molecule has 0 saturated carbocycles. The van der Waals surface area contributed by atoms with Crippen molar-refractivity contribution < 1.29 is 9.59 Å². The normalized spacial score (nSPS) is 10.0. The lowest BCUT2D eigenvalue weighted by atomic mass is 10.2. The van der Waals surface area contributed by atoms with Crippen molar-refractivity contribution in [3.63, 3.8) is 0 Å². The highest BCUT2D eigenvalue weighted by molar-refractivity contribution is 5.89. The van der Waals surface area contributed by atoms with Gasteiger partial charge in [0.15, 0.2) is 0 Å². The number of unbranched alkanes of at least 4 members (excludes halogenated alkanes) is 3. The highest BCUT2D eigenvalue weighted by Crippen LogP contribution is 2.05. The summed E-state index contributed by atoms with van der Waals surface area (Å²) in [6, 6.07) is 18.3. The second-order valence-electron chi connectivity index (χ2n) is 5.91. The molecule has 0 unspecified atom stereocenters. The molecule has 0 heterocycles. The Morgan fingerprint density at radius 3 is 1.35 bits per heavy atom. The molecule has 0 saturated heterocycles. The standard InChI is InChI=1S/C20H26N4O2/c25-19(23-17-11-5-3-6-12-17)21-15-9-1-2-10-16-22-20(26)24-18-13-7-4-8-14-18/h3-8,11-14H,1-2,9-10,15-16H2,(H2,21,23,25)(H2,22,24,26). The van der Waals surface area contributed by atoms with Gasteiger partial charge in [0.1, 0.15) is 0 Å². The number of hydrogen-bond acceptors (Lipinski definition) is 2. The van der Waals surface area contributed by atoms with Gasteiger partial charge in [0.05, 0.1) is 0 Å². The van der Waals surface area contributed by atoms with E-state index in [0.29, 0.717) is 13.1 Å². The largest absolute Gasteiger partial charge is 0.338 e. The van der Waals surface area contributed by atoms with E-state index in [4.69, 9.17) is 0 Å². The number of rotatable bonds is 9. The Hall–Kier alpha value is -3.02. The van der Waals surface area contributed by atoms with Gasteiger partial charge in [-0.2, -0.15) is 0 Å². The molecule has 6 heteroatoms. The van der Waals surface area contributed by atoms with Crippen LogP contribution in [0.3, 0.4) is 0 Å². The molecule has 0 spiro atoms. The van der Waals surface area contributed by atoms with Crippen molar-refractivity contribution in [2.75, 3.05) is 23.7 Å². The van der Waals surface area contributed by atoms with E-state index in [9.17, 15) is 9.59 Å². The van der Waals surface area contributed by atoms with Crippen molar-refractivity contribution in [1.82, 2.24) is 10.6 Å². The van der Waals surface area contributed by atoms with Gasteiger partial charge in [0.2, 0.25) is 0 Å². The van der Waals surface area contributed by atoms with Gasteiger partial charge >= 0.3 is 12.1 Å². The van der Waals surface area contributed by atoms with Crippen LogP contribution in [0, 0.1) is 0 Å². The number of carbonyl (C=O) groups is 2. The number of para-hydroxylation sites is 2. The molecule has 0 aliphatic heterocycles. The Kier molecular flexibility index (Phi) is 8.55. The van der Waals surface area contributed by atoms with E-state index in [1.54, 1.807) is 0 Å². The molecule has 2 aromatic carbocycles. The minimum atomic E-state index is -0.185. The topological polar surface area (TPSA) is 82.3 Å². The molecular weight excluding hydrogens is 328 g/mol. The fraction of sp³-hybridized carbons (Fsp3) is 0.300. The van der Waals surface area contributed by atoms with Crippen molar-refractivity contribution in [1.29, 1.82) is 0 Å². The highest BCUT2D eigenvalue weighted by atomic mass is 16.2. The van der Waals surface area contributed by atoms with Gasteiger partial charge in [0, 0.05) is 24.5 Å². The van der Waals surface area contributed by atoms with Gasteiger partial charge in [-0.3, -0.25) is 0 Å². The van der Waals surface area contributed by atoms with Crippen LogP contribution < -0.4 is 21.3 Å². The van der Waals surface area contributed by atoms with E-state index in [2.05, 4.69) is 21.3 Å².